The first kappa shape index (κ1) is 50.8. The number of allylic oxidation sites excluding steroid dienone is 8. The summed E-state index contributed by atoms with van der Waals surface area (Å²) in [6.07, 6.45) is 17.0. The number of carboxylic acids is 1. The van der Waals surface area contributed by atoms with E-state index in [0.717, 1.165) is 65.0 Å². The molecule has 4 heterocycles. The molecule has 352 valence electrons. The first-order chi connectivity index (χ1) is 31.2. The van der Waals surface area contributed by atoms with Gasteiger partial charge in [-0.2, -0.15) is 25.3 Å². The minimum Gasteiger partial charge on any atom is -0.478 e. The number of aryl methyl sites for hydroxylation is 1. The maximum atomic E-state index is 13.0. The van der Waals surface area contributed by atoms with Crippen molar-refractivity contribution in [2.45, 2.75) is 107 Å². The number of carboxylic acid groups (broad SMARTS) is 1. The Balaban J connectivity index is 0.00000666. The third-order valence-corrected chi connectivity index (χ3v) is 16.4. The third kappa shape index (κ3) is 10.7. The van der Waals surface area contributed by atoms with E-state index in [1.165, 1.54) is 29.4 Å². The molecule has 0 aromatic heterocycles. The summed E-state index contributed by atoms with van der Waals surface area (Å²) >= 11 is 0. The largest absolute Gasteiger partial charge is 1.00 e. The fraction of sp³-hybridized carbons (Fsp3) is 0.408. The smallest absolute Gasteiger partial charge is 0.478 e. The molecule has 14 nitrogen and oxygen atoms in total. The number of ether oxygens (including phenoxy) is 1. The SMILES string of the molecule is CC1(CCCCS(=O)(=O)O)C(/C=C\C2=C(Oc3ccc(C(=O)O)cc3)C(=C/C=C3/N4CCCc5ccc(S(=O)(=O)O)c(c54)C3(C)CCCCS(=O)(=O)O)/CCC2)=CN2CCc3cccc1c32.[Na+]. The van der Waals surface area contributed by atoms with Crippen LogP contribution in [0.3, 0.4) is 0 Å². The molecule has 3 aromatic rings. The van der Waals surface area contributed by atoms with E-state index in [2.05, 4.69) is 53.3 Å². The van der Waals surface area contributed by atoms with Crippen LogP contribution in [0.1, 0.15) is 111 Å². The number of anilines is 2. The van der Waals surface area contributed by atoms with Crippen molar-refractivity contribution < 1.29 is 83.1 Å². The minimum atomic E-state index is -4.67. The zero-order valence-electron chi connectivity index (χ0n) is 38.1. The molecule has 0 amide bonds. The van der Waals surface area contributed by atoms with Gasteiger partial charge >= 0.3 is 35.5 Å². The standard InChI is InChI=1S/C49H56N2O12S3.Na/c1-48(26-3-5-30-64(54,55)56)38(32-50-29-25-34-10-8-14-40(48)44(34)50)20-15-35-11-7-12-36(46(35)63-39-21-16-37(17-22-39)47(52)53)19-24-42-49(2,27-4-6-31-65(57,58)59)43-41(66(60,61)62)23-18-33-13-9-28-51(42)45(33)43;/h8,10,14-24,32H,3-7,9,11-13,25-31H2,1-2H3,(H,52,53)(H,54,55,56)(H,57,58,59)(H,60,61,62);/q;+1/b20-15-,36-19+,42-24+;. The molecule has 4 aliphatic heterocycles. The molecule has 0 fully saturated rings. The Morgan fingerprint density at radius 1 is 0.731 bits per heavy atom. The van der Waals surface area contributed by atoms with E-state index in [9.17, 15) is 48.8 Å². The van der Waals surface area contributed by atoms with Crippen LogP contribution >= 0.6 is 0 Å². The molecule has 8 rings (SSSR count). The Bertz CT molecular complexity index is 2960. The molecule has 67 heavy (non-hydrogen) atoms. The molecule has 0 saturated heterocycles. The molecule has 2 atom stereocenters. The monoisotopic (exact) mass is 983 g/mol. The number of para-hydroxylation sites is 1. The first-order valence-electron chi connectivity index (χ1n) is 22.4. The Hall–Kier alpha value is -4.04. The topological polar surface area (TPSA) is 216 Å². The van der Waals surface area contributed by atoms with Crippen molar-refractivity contribution in [2.75, 3.05) is 34.4 Å². The van der Waals surface area contributed by atoms with Gasteiger partial charge < -0.3 is 19.6 Å². The van der Waals surface area contributed by atoms with E-state index < -0.39 is 52.9 Å². The second-order valence-electron chi connectivity index (χ2n) is 18.4. The predicted molar refractivity (Wildman–Crippen MR) is 253 cm³/mol. The maximum absolute atomic E-state index is 13.0. The van der Waals surface area contributed by atoms with Gasteiger partial charge in [-0.3, -0.25) is 13.7 Å². The molecule has 3 aromatic carbocycles. The number of hydrogen-bond acceptors (Lipinski definition) is 10. The van der Waals surface area contributed by atoms with Crippen LogP contribution in [0.2, 0.25) is 0 Å². The number of nitrogens with zero attached hydrogens (tertiary/aromatic N) is 2. The van der Waals surface area contributed by atoms with Crippen LogP contribution in [0.4, 0.5) is 11.4 Å². The van der Waals surface area contributed by atoms with E-state index >= 15 is 0 Å². The number of benzene rings is 3. The maximum Gasteiger partial charge on any atom is 1.00 e. The summed E-state index contributed by atoms with van der Waals surface area (Å²) in [5.74, 6) is -0.826. The summed E-state index contributed by atoms with van der Waals surface area (Å²) in [6, 6.07) is 15.7. The van der Waals surface area contributed by atoms with Crippen LogP contribution in [0.25, 0.3) is 0 Å². The van der Waals surface area contributed by atoms with E-state index in [1.807, 2.05) is 19.1 Å². The molecular weight excluding hydrogens is 928 g/mol. The van der Waals surface area contributed by atoms with Crippen molar-refractivity contribution in [1.29, 1.82) is 0 Å². The normalized spacial score (nSPS) is 22.6. The number of aromatic carboxylic acids is 1. The van der Waals surface area contributed by atoms with Crippen LogP contribution in [0.5, 0.6) is 5.75 Å². The van der Waals surface area contributed by atoms with Gasteiger partial charge in [-0.15, -0.1) is 0 Å². The molecule has 18 heteroatoms. The van der Waals surface area contributed by atoms with Crippen molar-refractivity contribution in [3.63, 3.8) is 0 Å². The van der Waals surface area contributed by atoms with Crippen molar-refractivity contribution in [2.24, 2.45) is 0 Å². The summed E-state index contributed by atoms with van der Waals surface area (Å²) in [6.45, 7) is 5.49. The van der Waals surface area contributed by atoms with Crippen molar-refractivity contribution in [3.05, 3.63) is 141 Å². The summed E-state index contributed by atoms with van der Waals surface area (Å²) < 4.78 is 109. The van der Waals surface area contributed by atoms with Gasteiger partial charge in [0.05, 0.1) is 17.1 Å². The first-order valence-corrected chi connectivity index (χ1v) is 27.1. The Kier molecular flexibility index (Phi) is 15.0. The second-order valence-corrected chi connectivity index (χ2v) is 22.9. The number of unbranched alkanes of at least 4 members (excludes halogenated alkanes) is 2. The average Bonchev–Trinajstić information content (AvgIpc) is 3.78. The number of hydrogen-bond donors (Lipinski definition) is 4. The fourth-order valence-corrected chi connectivity index (χ4v) is 12.6. The molecular formula is C49H56N2NaO12S3+. The molecule has 0 bridgehead atoms. The molecule has 4 N–H and O–H groups in total. The Labute approximate surface area is 415 Å². The van der Waals surface area contributed by atoms with E-state index in [0.29, 0.717) is 75.0 Å². The van der Waals surface area contributed by atoms with Crippen LogP contribution in [-0.2, 0) is 54.0 Å². The van der Waals surface area contributed by atoms with Gasteiger partial charge in [0, 0.05) is 52.8 Å². The van der Waals surface area contributed by atoms with E-state index in [4.69, 9.17) is 4.74 Å². The second kappa shape index (κ2) is 19.8. The molecule has 0 saturated carbocycles. The molecule has 1 aliphatic carbocycles. The zero-order valence-corrected chi connectivity index (χ0v) is 42.5. The number of carbonyl (C=O) groups is 1. The van der Waals surface area contributed by atoms with Gasteiger partial charge in [0.25, 0.3) is 30.4 Å². The fourth-order valence-electron chi connectivity index (χ4n) is 10.7. The summed E-state index contributed by atoms with van der Waals surface area (Å²) in [5, 5.41) is 9.62. The third-order valence-electron chi connectivity index (χ3n) is 13.9. The van der Waals surface area contributed by atoms with Gasteiger partial charge in [-0.25, -0.2) is 4.79 Å². The van der Waals surface area contributed by atoms with Gasteiger partial charge in [0.1, 0.15) is 16.4 Å². The van der Waals surface area contributed by atoms with E-state index in [1.54, 1.807) is 18.2 Å². The average molecular weight is 984 g/mol. The van der Waals surface area contributed by atoms with Crippen molar-refractivity contribution >= 4 is 47.7 Å². The summed E-state index contributed by atoms with van der Waals surface area (Å²) in [4.78, 5) is 15.9. The van der Waals surface area contributed by atoms with Gasteiger partial charge in [-0.1, -0.05) is 62.3 Å². The molecule has 0 spiro atoms. The van der Waals surface area contributed by atoms with Gasteiger partial charge in [0.2, 0.25) is 0 Å². The van der Waals surface area contributed by atoms with Crippen molar-refractivity contribution in [3.8, 4) is 5.75 Å². The van der Waals surface area contributed by atoms with Crippen LogP contribution in [0.15, 0.2) is 118 Å². The van der Waals surface area contributed by atoms with E-state index in [-0.39, 0.29) is 52.2 Å². The molecule has 2 unspecified atom stereocenters. The van der Waals surface area contributed by atoms with Crippen molar-refractivity contribution in [1.82, 2.24) is 0 Å². The molecule has 5 aliphatic rings. The van der Waals surface area contributed by atoms with Crippen LogP contribution < -0.4 is 44.1 Å². The van der Waals surface area contributed by atoms with Gasteiger partial charge in [-0.05, 0) is 141 Å². The quantitative estimate of drug-likeness (QED) is 0.0707. The van der Waals surface area contributed by atoms with Crippen LogP contribution in [0, 0.1) is 0 Å². The number of rotatable bonds is 17. The zero-order chi connectivity index (χ0) is 47.2. The Morgan fingerprint density at radius 3 is 2.06 bits per heavy atom. The van der Waals surface area contributed by atoms with Crippen LogP contribution in [-0.4, -0.2) is 74.6 Å². The Morgan fingerprint density at radius 2 is 1.40 bits per heavy atom. The molecule has 0 radical (unpaired) electrons. The van der Waals surface area contributed by atoms with Gasteiger partial charge in [0.15, 0.2) is 0 Å². The summed E-state index contributed by atoms with van der Waals surface area (Å²) in [5.41, 5.74) is 7.89. The summed E-state index contributed by atoms with van der Waals surface area (Å²) in [7, 11) is -13.0. The predicted octanol–water partition coefficient (Wildman–Crippen LogP) is 5.88. The minimum absolute atomic E-state index is 0.